The number of ether oxygens (including phenoxy) is 1. The minimum atomic E-state index is -0.951. The minimum absolute atomic E-state index is 0.211. The summed E-state index contributed by atoms with van der Waals surface area (Å²) in [7, 11) is 1.61. The van der Waals surface area contributed by atoms with E-state index in [1.54, 1.807) is 43.2 Å². The van der Waals surface area contributed by atoms with Gasteiger partial charge in [-0.25, -0.2) is 4.39 Å². The summed E-state index contributed by atoms with van der Waals surface area (Å²) in [4.78, 5) is 28.5. The second-order valence-electron chi connectivity index (χ2n) is 10.7. The maximum atomic E-state index is 14.5. The third-order valence-corrected chi connectivity index (χ3v) is 7.19. The highest BCUT2D eigenvalue weighted by Gasteiger charge is 2.31. The molecular weight excluding hydrogens is 533 g/mol. The lowest BCUT2D eigenvalue weighted by molar-refractivity contribution is 0.0353. The van der Waals surface area contributed by atoms with Gasteiger partial charge in [-0.15, -0.1) is 0 Å². The first kappa shape index (κ1) is 32.8. The zero-order chi connectivity index (χ0) is 30.6. The van der Waals surface area contributed by atoms with Crippen molar-refractivity contribution in [1.82, 2.24) is 15.5 Å². The third kappa shape index (κ3) is 9.13. The average Bonchev–Trinajstić information content (AvgIpc) is 2.98. The highest BCUT2D eigenvalue weighted by Crippen LogP contribution is 2.21. The van der Waals surface area contributed by atoms with Crippen LogP contribution in [0.15, 0.2) is 60.7 Å². The van der Waals surface area contributed by atoms with Crippen LogP contribution in [0, 0.1) is 19.7 Å². The fourth-order valence-corrected chi connectivity index (χ4v) is 4.94. The molecule has 0 fully saturated rings. The number of nitrogens with one attached hydrogen (secondary N) is 2. The van der Waals surface area contributed by atoms with Gasteiger partial charge < -0.3 is 25.4 Å². The largest absolute Gasteiger partial charge is 0.497 e. The lowest BCUT2D eigenvalue weighted by atomic mass is 9.96. The van der Waals surface area contributed by atoms with Crippen LogP contribution in [0.25, 0.3) is 0 Å². The number of nitrogens with zero attached hydrogens (tertiary/aromatic N) is 1. The van der Waals surface area contributed by atoms with Gasteiger partial charge in [-0.05, 0) is 91.8 Å². The predicted molar refractivity (Wildman–Crippen MR) is 164 cm³/mol. The van der Waals surface area contributed by atoms with Crippen LogP contribution in [0.2, 0.25) is 0 Å². The standard InChI is InChI=1S/C34H44FN3O4/c1-6-13-37-33(40)27-15-23(3)16-28(20-27)34(41)38(14-7-2)31(19-25-12-11-24(4)30(35)18-25)32(39)22-36-21-26-9-8-10-29(17-26)42-5/h8-12,15-18,20,31-32,36,39H,6-7,13-14,19,21-22H2,1-5H3,(H,37,40)/t31-,32+/m0/s1. The monoisotopic (exact) mass is 577 g/mol. The SMILES string of the molecule is CCCNC(=O)c1cc(C)cc(C(=O)N(CCC)[C@@H](Cc2ccc(C)c(F)c2)[C@H](O)CNCc2cccc(OC)c2)c1. The molecule has 0 aliphatic heterocycles. The number of hydrogen-bond donors (Lipinski definition) is 3. The Hall–Kier alpha value is -3.75. The Morgan fingerprint density at radius 1 is 0.976 bits per heavy atom. The van der Waals surface area contributed by atoms with Crippen LogP contribution in [0.1, 0.15) is 69.7 Å². The fraction of sp³-hybridized carbons (Fsp3) is 0.412. The predicted octanol–water partition coefficient (Wildman–Crippen LogP) is 5.21. The number of methoxy groups -OCH3 is 1. The van der Waals surface area contributed by atoms with E-state index in [1.807, 2.05) is 51.1 Å². The molecule has 3 aromatic carbocycles. The Kier molecular flexibility index (Phi) is 12.5. The number of benzene rings is 3. The van der Waals surface area contributed by atoms with Crippen LogP contribution in [0.5, 0.6) is 5.75 Å². The van der Waals surface area contributed by atoms with E-state index in [0.29, 0.717) is 48.3 Å². The van der Waals surface area contributed by atoms with Crippen LogP contribution in [0.3, 0.4) is 0 Å². The first-order valence-electron chi connectivity index (χ1n) is 14.6. The van der Waals surface area contributed by atoms with Crippen LogP contribution >= 0.6 is 0 Å². The highest BCUT2D eigenvalue weighted by molar-refractivity contribution is 6.00. The second-order valence-corrected chi connectivity index (χ2v) is 10.7. The molecule has 2 atom stereocenters. The second kappa shape index (κ2) is 16.0. The number of hydrogen-bond acceptors (Lipinski definition) is 5. The summed E-state index contributed by atoms with van der Waals surface area (Å²) in [5, 5.41) is 17.7. The normalized spacial score (nSPS) is 12.5. The Bertz CT molecular complexity index is 1350. The number of aryl methyl sites for hydroxylation is 2. The summed E-state index contributed by atoms with van der Waals surface area (Å²) in [6.45, 7) is 9.13. The molecule has 0 heterocycles. The van der Waals surface area contributed by atoms with Gasteiger partial charge in [0.25, 0.3) is 11.8 Å². The van der Waals surface area contributed by atoms with Crippen molar-refractivity contribution in [3.63, 3.8) is 0 Å². The van der Waals surface area contributed by atoms with Gasteiger partial charge in [0.05, 0.1) is 19.3 Å². The molecule has 2 amide bonds. The number of amides is 2. The lowest BCUT2D eigenvalue weighted by Crippen LogP contribution is -2.51. The van der Waals surface area contributed by atoms with E-state index in [-0.39, 0.29) is 30.6 Å². The van der Waals surface area contributed by atoms with Crippen molar-refractivity contribution in [2.75, 3.05) is 26.7 Å². The van der Waals surface area contributed by atoms with E-state index in [0.717, 1.165) is 23.3 Å². The molecule has 0 bridgehead atoms. The molecule has 226 valence electrons. The van der Waals surface area contributed by atoms with E-state index in [1.165, 1.54) is 6.07 Å². The van der Waals surface area contributed by atoms with Crippen LogP contribution < -0.4 is 15.4 Å². The number of aliphatic hydroxyl groups is 1. The van der Waals surface area contributed by atoms with Gasteiger partial charge in [0, 0.05) is 37.3 Å². The van der Waals surface area contributed by atoms with E-state index in [4.69, 9.17) is 4.74 Å². The highest BCUT2D eigenvalue weighted by atomic mass is 19.1. The van der Waals surface area contributed by atoms with E-state index < -0.39 is 12.1 Å². The van der Waals surface area contributed by atoms with Gasteiger partial charge in [0.15, 0.2) is 0 Å². The molecular formula is C34H44FN3O4. The van der Waals surface area contributed by atoms with Crippen molar-refractivity contribution in [1.29, 1.82) is 0 Å². The number of halogens is 1. The molecule has 0 spiro atoms. The summed E-state index contributed by atoms with van der Waals surface area (Å²) >= 11 is 0. The first-order valence-corrected chi connectivity index (χ1v) is 14.6. The lowest BCUT2D eigenvalue weighted by Gasteiger charge is -2.35. The Morgan fingerprint density at radius 3 is 2.43 bits per heavy atom. The van der Waals surface area contributed by atoms with Crippen molar-refractivity contribution in [2.45, 2.75) is 65.6 Å². The third-order valence-electron chi connectivity index (χ3n) is 7.19. The van der Waals surface area contributed by atoms with Crippen LogP contribution in [-0.4, -0.2) is 60.7 Å². The Balaban J connectivity index is 1.90. The van der Waals surface area contributed by atoms with Crippen molar-refractivity contribution in [2.24, 2.45) is 0 Å². The molecule has 0 saturated heterocycles. The fourth-order valence-electron chi connectivity index (χ4n) is 4.94. The van der Waals surface area contributed by atoms with Gasteiger partial charge in [-0.1, -0.05) is 38.1 Å². The summed E-state index contributed by atoms with van der Waals surface area (Å²) in [5.41, 5.74) is 3.80. The van der Waals surface area contributed by atoms with Crippen molar-refractivity contribution >= 4 is 11.8 Å². The van der Waals surface area contributed by atoms with Crippen molar-refractivity contribution in [3.05, 3.63) is 99.9 Å². The maximum absolute atomic E-state index is 14.5. The summed E-state index contributed by atoms with van der Waals surface area (Å²) in [6, 6.07) is 17.2. The van der Waals surface area contributed by atoms with E-state index in [2.05, 4.69) is 10.6 Å². The van der Waals surface area contributed by atoms with Crippen molar-refractivity contribution < 1.29 is 23.8 Å². The number of carbonyl (C=O) groups excluding carboxylic acids is 2. The summed E-state index contributed by atoms with van der Waals surface area (Å²) < 4.78 is 19.8. The first-order chi connectivity index (χ1) is 20.2. The molecule has 0 saturated carbocycles. The van der Waals surface area contributed by atoms with Gasteiger partial charge in [0.1, 0.15) is 11.6 Å². The number of aliphatic hydroxyl groups excluding tert-OH is 1. The van der Waals surface area contributed by atoms with Crippen LogP contribution in [-0.2, 0) is 13.0 Å². The molecule has 0 aliphatic rings. The van der Waals surface area contributed by atoms with E-state index >= 15 is 0 Å². The molecule has 0 radical (unpaired) electrons. The molecule has 0 unspecified atom stereocenters. The summed E-state index contributed by atoms with van der Waals surface area (Å²) in [5.74, 6) is -0.0963. The zero-order valence-corrected chi connectivity index (χ0v) is 25.4. The Morgan fingerprint density at radius 2 is 1.74 bits per heavy atom. The number of carbonyl (C=O) groups is 2. The topological polar surface area (TPSA) is 90.9 Å². The molecule has 42 heavy (non-hydrogen) atoms. The van der Waals surface area contributed by atoms with Crippen LogP contribution in [0.4, 0.5) is 4.39 Å². The van der Waals surface area contributed by atoms with Gasteiger partial charge in [-0.3, -0.25) is 9.59 Å². The molecule has 3 aromatic rings. The van der Waals surface area contributed by atoms with Gasteiger partial charge in [-0.2, -0.15) is 0 Å². The molecule has 3 rings (SSSR count). The smallest absolute Gasteiger partial charge is 0.254 e. The quantitative estimate of drug-likeness (QED) is 0.231. The summed E-state index contributed by atoms with van der Waals surface area (Å²) in [6.07, 6.45) is 0.774. The Labute approximate surface area is 249 Å². The maximum Gasteiger partial charge on any atom is 0.254 e. The molecule has 0 aliphatic carbocycles. The molecule has 7 nitrogen and oxygen atoms in total. The number of rotatable bonds is 15. The van der Waals surface area contributed by atoms with Gasteiger partial charge in [0.2, 0.25) is 0 Å². The molecule has 3 N–H and O–H groups in total. The van der Waals surface area contributed by atoms with Gasteiger partial charge >= 0.3 is 0 Å². The van der Waals surface area contributed by atoms with Crippen molar-refractivity contribution in [3.8, 4) is 5.75 Å². The minimum Gasteiger partial charge on any atom is -0.497 e. The zero-order valence-electron chi connectivity index (χ0n) is 25.4. The average molecular weight is 578 g/mol. The molecule has 0 aromatic heterocycles. The molecule has 8 heteroatoms. The van der Waals surface area contributed by atoms with E-state index in [9.17, 15) is 19.1 Å².